The average Bonchev–Trinajstić information content (AvgIpc) is 2.54. The van der Waals surface area contributed by atoms with Gasteiger partial charge in [0.2, 0.25) is 0 Å². The SMILES string of the molecule is CCNC(=NCCN(C)CCOC)N(C)Cc1ccccc1Br.I. The Morgan fingerprint density at radius 3 is 2.58 bits per heavy atom. The van der Waals surface area contributed by atoms with Gasteiger partial charge in [-0.2, -0.15) is 0 Å². The van der Waals surface area contributed by atoms with E-state index in [-0.39, 0.29) is 24.0 Å². The molecule has 0 aliphatic rings. The summed E-state index contributed by atoms with van der Waals surface area (Å²) in [7, 11) is 5.88. The van der Waals surface area contributed by atoms with Crippen molar-refractivity contribution in [2.75, 3.05) is 54.0 Å². The first kappa shape index (κ1) is 23.6. The van der Waals surface area contributed by atoms with Crippen LogP contribution in [0.25, 0.3) is 0 Å². The lowest BCUT2D eigenvalue weighted by Gasteiger charge is -2.23. The second-order valence-corrected chi connectivity index (χ2v) is 6.33. The van der Waals surface area contributed by atoms with Crippen LogP contribution in [0.4, 0.5) is 0 Å². The summed E-state index contributed by atoms with van der Waals surface area (Å²) in [5, 5.41) is 3.36. The van der Waals surface area contributed by atoms with Crippen molar-refractivity contribution in [3.05, 3.63) is 34.3 Å². The normalized spacial score (nSPS) is 11.3. The molecule has 0 aromatic heterocycles. The van der Waals surface area contributed by atoms with E-state index in [1.54, 1.807) is 7.11 Å². The predicted octanol–water partition coefficient (Wildman–Crippen LogP) is 3.04. The highest BCUT2D eigenvalue weighted by Crippen LogP contribution is 2.17. The van der Waals surface area contributed by atoms with Gasteiger partial charge in [0.05, 0.1) is 13.2 Å². The van der Waals surface area contributed by atoms with Crippen LogP contribution in [0, 0.1) is 0 Å². The molecule has 0 saturated carbocycles. The topological polar surface area (TPSA) is 40.1 Å². The van der Waals surface area contributed by atoms with Gasteiger partial charge >= 0.3 is 0 Å². The minimum atomic E-state index is 0. The van der Waals surface area contributed by atoms with Gasteiger partial charge in [-0.25, -0.2) is 0 Å². The molecule has 1 aromatic carbocycles. The maximum Gasteiger partial charge on any atom is 0.194 e. The molecule has 0 atom stereocenters. The van der Waals surface area contributed by atoms with Crippen LogP contribution < -0.4 is 5.32 Å². The molecule has 1 N–H and O–H groups in total. The van der Waals surface area contributed by atoms with Gasteiger partial charge in [0.1, 0.15) is 0 Å². The number of guanidine groups is 1. The van der Waals surface area contributed by atoms with E-state index in [1.165, 1.54) is 5.56 Å². The Labute approximate surface area is 172 Å². The molecule has 138 valence electrons. The molecular formula is C17H30BrIN4O. The van der Waals surface area contributed by atoms with E-state index < -0.39 is 0 Å². The smallest absolute Gasteiger partial charge is 0.194 e. The first-order valence-corrected chi connectivity index (χ1v) is 8.78. The minimum Gasteiger partial charge on any atom is -0.383 e. The number of likely N-dealkylation sites (N-methyl/N-ethyl adjacent to an activating group) is 1. The fourth-order valence-corrected chi connectivity index (χ4v) is 2.52. The molecule has 24 heavy (non-hydrogen) atoms. The molecule has 0 aliphatic heterocycles. The fourth-order valence-electron chi connectivity index (χ4n) is 2.11. The summed E-state index contributed by atoms with van der Waals surface area (Å²) in [5.41, 5.74) is 1.25. The highest BCUT2D eigenvalue weighted by molar-refractivity contribution is 14.0. The molecule has 0 spiro atoms. The molecule has 5 nitrogen and oxygen atoms in total. The molecular weight excluding hydrogens is 483 g/mol. The van der Waals surface area contributed by atoms with Crippen molar-refractivity contribution in [2.24, 2.45) is 4.99 Å². The zero-order valence-corrected chi connectivity index (χ0v) is 19.0. The van der Waals surface area contributed by atoms with Crippen molar-refractivity contribution in [3.8, 4) is 0 Å². The number of ether oxygens (including phenoxy) is 1. The van der Waals surface area contributed by atoms with Crippen LogP contribution in [0.5, 0.6) is 0 Å². The molecule has 0 saturated heterocycles. The zero-order valence-electron chi connectivity index (χ0n) is 15.1. The summed E-state index contributed by atoms with van der Waals surface area (Å²) >= 11 is 3.60. The highest BCUT2D eigenvalue weighted by atomic mass is 127. The van der Waals surface area contributed by atoms with Crippen LogP contribution in [0.2, 0.25) is 0 Å². The highest BCUT2D eigenvalue weighted by Gasteiger charge is 2.08. The molecule has 0 heterocycles. The van der Waals surface area contributed by atoms with Crippen molar-refractivity contribution in [1.82, 2.24) is 15.1 Å². The molecule has 0 amide bonds. The van der Waals surface area contributed by atoms with Crippen molar-refractivity contribution in [3.63, 3.8) is 0 Å². The Balaban J connectivity index is 0.00000529. The van der Waals surface area contributed by atoms with Crippen molar-refractivity contribution in [2.45, 2.75) is 13.5 Å². The van der Waals surface area contributed by atoms with Crippen LogP contribution in [0.1, 0.15) is 12.5 Å². The molecule has 0 bridgehead atoms. The van der Waals surface area contributed by atoms with Crippen LogP contribution in [-0.4, -0.2) is 69.8 Å². The third-order valence-electron chi connectivity index (χ3n) is 3.48. The molecule has 1 aromatic rings. The fraction of sp³-hybridized carbons (Fsp3) is 0.588. The Morgan fingerprint density at radius 2 is 1.96 bits per heavy atom. The molecule has 0 aliphatic carbocycles. The van der Waals surface area contributed by atoms with Crippen molar-refractivity contribution >= 4 is 45.9 Å². The summed E-state index contributed by atoms with van der Waals surface area (Å²) in [6.45, 7) is 7.12. The van der Waals surface area contributed by atoms with Crippen LogP contribution in [0.3, 0.4) is 0 Å². The standard InChI is InChI=1S/C17H29BrN4O.HI/c1-5-19-17(20-10-11-21(2)12-13-23-4)22(3)14-15-8-6-7-9-16(15)18;/h6-9H,5,10-14H2,1-4H3,(H,19,20);1H. The minimum absolute atomic E-state index is 0. The quantitative estimate of drug-likeness (QED) is 0.313. The van der Waals surface area contributed by atoms with E-state index in [9.17, 15) is 0 Å². The monoisotopic (exact) mass is 512 g/mol. The van der Waals surface area contributed by atoms with Crippen molar-refractivity contribution in [1.29, 1.82) is 0 Å². The lowest BCUT2D eigenvalue weighted by atomic mass is 10.2. The summed E-state index contributed by atoms with van der Waals surface area (Å²) in [6, 6.07) is 8.28. The van der Waals surface area contributed by atoms with E-state index in [0.717, 1.165) is 49.8 Å². The molecule has 7 heteroatoms. The molecule has 0 unspecified atom stereocenters. The van der Waals surface area contributed by atoms with Gasteiger partial charge < -0.3 is 19.9 Å². The zero-order chi connectivity index (χ0) is 17.1. The third-order valence-corrected chi connectivity index (χ3v) is 4.26. The number of hydrogen-bond acceptors (Lipinski definition) is 3. The molecule has 0 radical (unpaired) electrons. The molecule has 1 rings (SSSR count). The van der Waals surface area contributed by atoms with Gasteiger partial charge in [0.25, 0.3) is 0 Å². The van der Waals surface area contributed by atoms with E-state index in [2.05, 4.69) is 70.3 Å². The van der Waals surface area contributed by atoms with Crippen LogP contribution in [0.15, 0.2) is 33.7 Å². The summed E-state index contributed by atoms with van der Waals surface area (Å²) in [4.78, 5) is 9.10. The summed E-state index contributed by atoms with van der Waals surface area (Å²) < 4.78 is 6.22. The van der Waals surface area contributed by atoms with E-state index in [4.69, 9.17) is 9.73 Å². The number of halogens is 2. The number of methoxy groups -OCH3 is 1. The number of nitrogens with zero attached hydrogens (tertiary/aromatic N) is 3. The summed E-state index contributed by atoms with van der Waals surface area (Å²) in [6.07, 6.45) is 0. The number of nitrogens with one attached hydrogen (secondary N) is 1. The van der Waals surface area contributed by atoms with Crippen LogP contribution in [-0.2, 0) is 11.3 Å². The Morgan fingerprint density at radius 1 is 1.25 bits per heavy atom. The van der Waals surface area contributed by atoms with E-state index in [1.807, 2.05) is 6.07 Å². The van der Waals surface area contributed by atoms with Gasteiger partial charge in [-0.15, -0.1) is 24.0 Å². The Kier molecular flexibility index (Phi) is 13.6. The van der Waals surface area contributed by atoms with Gasteiger partial charge in [-0.1, -0.05) is 34.1 Å². The third kappa shape index (κ3) is 9.19. The number of benzene rings is 1. The first-order chi connectivity index (χ1) is 11.1. The predicted molar refractivity (Wildman–Crippen MR) is 116 cm³/mol. The van der Waals surface area contributed by atoms with Gasteiger partial charge in [0.15, 0.2) is 5.96 Å². The number of aliphatic imine (C=N–C) groups is 1. The van der Waals surface area contributed by atoms with Gasteiger partial charge in [0, 0.05) is 44.8 Å². The largest absolute Gasteiger partial charge is 0.383 e. The van der Waals surface area contributed by atoms with Gasteiger partial charge in [-0.3, -0.25) is 4.99 Å². The van der Waals surface area contributed by atoms with Gasteiger partial charge in [-0.05, 0) is 25.6 Å². The Bertz CT molecular complexity index is 487. The average molecular weight is 513 g/mol. The maximum atomic E-state index is 5.09. The Hall–Kier alpha value is -0.380. The lowest BCUT2D eigenvalue weighted by Crippen LogP contribution is -2.39. The summed E-state index contributed by atoms with van der Waals surface area (Å²) in [5.74, 6) is 0.934. The van der Waals surface area contributed by atoms with Crippen LogP contribution >= 0.6 is 39.9 Å². The number of rotatable bonds is 9. The van der Waals surface area contributed by atoms with Crippen molar-refractivity contribution < 1.29 is 4.74 Å². The van der Waals surface area contributed by atoms with E-state index >= 15 is 0 Å². The number of hydrogen-bond donors (Lipinski definition) is 1. The molecule has 0 fully saturated rings. The maximum absolute atomic E-state index is 5.09. The second-order valence-electron chi connectivity index (χ2n) is 5.48. The first-order valence-electron chi connectivity index (χ1n) is 7.98. The van der Waals surface area contributed by atoms with E-state index in [0.29, 0.717) is 0 Å². The lowest BCUT2D eigenvalue weighted by molar-refractivity contribution is 0.163. The second kappa shape index (κ2) is 13.9.